The molecule has 0 unspecified atom stereocenters. The average Bonchev–Trinajstić information content (AvgIpc) is 2.78. The van der Waals surface area contributed by atoms with Gasteiger partial charge in [0.15, 0.2) is 6.54 Å². The minimum absolute atomic E-state index is 0.0768. The summed E-state index contributed by atoms with van der Waals surface area (Å²) < 4.78 is 12.2. The van der Waals surface area contributed by atoms with Crippen molar-refractivity contribution in [2.75, 3.05) is 20.6 Å². The molecule has 0 saturated heterocycles. The first kappa shape index (κ1) is 28.9. The third-order valence-electron chi connectivity index (χ3n) is 7.54. The molecule has 2 aromatic carbocycles. The van der Waals surface area contributed by atoms with Gasteiger partial charge in [0.05, 0.1) is 19.7 Å². The van der Waals surface area contributed by atoms with Crippen molar-refractivity contribution in [3.63, 3.8) is 0 Å². The second-order valence-electron chi connectivity index (χ2n) is 13.1. The second-order valence-corrected chi connectivity index (χ2v) is 13.1. The van der Waals surface area contributed by atoms with Crippen molar-refractivity contribution in [3.05, 3.63) is 71.3 Å². The molecule has 0 N–H and O–H groups in total. The predicted molar refractivity (Wildman–Crippen MR) is 148 cm³/mol. The number of nitrogens with zero attached hydrogens (tertiary/aromatic N) is 1. The minimum Gasteiger partial charge on any atom is -0.458 e. The summed E-state index contributed by atoms with van der Waals surface area (Å²) in [5, 5.41) is 0. The van der Waals surface area contributed by atoms with Crippen LogP contribution in [0.4, 0.5) is 0 Å². The molecule has 5 nitrogen and oxygen atoms in total. The second kappa shape index (κ2) is 11.4. The highest BCUT2D eigenvalue weighted by Crippen LogP contribution is 2.43. The molecule has 3 atom stereocenters. The van der Waals surface area contributed by atoms with Crippen molar-refractivity contribution >= 4 is 11.9 Å². The molecule has 0 aliphatic heterocycles. The molecule has 0 aromatic heterocycles. The lowest BCUT2D eigenvalue weighted by molar-refractivity contribution is -0.896. The lowest BCUT2D eigenvalue weighted by Crippen LogP contribution is -2.47. The summed E-state index contributed by atoms with van der Waals surface area (Å²) >= 11 is 0. The van der Waals surface area contributed by atoms with Crippen molar-refractivity contribution in [1.82, 2.24) is 0 Å². The number of carbonyl (C=O) groups excluding carboxylic acids is 2. The van der Waals surface area contributed by atoms with E-state index < -0.39 is 5.60 Å². The summed E-state index contributed by atoms with van der Waals surface area (Å²) in [6.07, 6.45) is 3.05. The van der Waals surface area contributed by atoms with Gasteiger partial charge < -0.3 is 14.0 Å². The normalized spacial score (nSPS) is 20.8. The summed E-state index contributed by atoms with van der Waals surface area (Å²) in [5.74, 6) is 0.354. The largest absolute Gasteiger partial charge is 0.458 e. The SMILES string of the molecule is C[C@@H]1CC[C@@H](C(C)(C)c2ccccc2)[C@H](OC(=O)C[N+](C)(C)Cc2ccc(C(=O)OC(C)(C)C)cc2)C1. The van der Waals surface area contributed by atoms with E-state index in [9.17, 15) is 9.59 Å². The van der Waals surface area contributed by atoms with Crippen molar-refractivity contribution in [3.8, 4) is 0 Å². The quantitative estimate of drug-likeness (QED) is 0.300. The number of esters is 2. The zero-order valence-corrected chi connectivity index (χ0v) is 24.0. The number of ether oxygens (including phenoxy) is 2. The number of rotatable bonds is 8. The Labute approximate surface area is 223 Å². The topological polar surface area (TPSA) is 52.6 Å². The predicted octanol–water partition coefficient (Wildman–Crippen LogP) is 6.54. The van der Waals surface area contributed by atoms with Crippen LogP contribution in [0.1, 0.15) is 82.3 Å². The number of quaternary nitrogens is 1. The Morgan fingerprint density at radius 2 is 1.54 bits per heavy atom. The zero-order valence-electron chi connectivity index (χ0n) is 24.0. The molecular weight excluding hydrogens is 462 g/mol. The monoisotopic (exact) mass is 508 g/mol. The van der Waals surface area contributed by atoms with Crippen molar-refractivity contribution in [2.24, 2.45) is 11.8 Å². The zero-order chi connectivity index (χ0) is 27.4. The number of hydrogen-bond donors (Lipinski definition) is 0. The highest BCUT2D eigenvalue weighted by atomic mass is 16.6. The third-order valence-corrected chi connectivity index (χ3v) is 7.54. The van der Waals surface area contributed by atoms with Crippen molar-refractivity contribution in [1.29, 1.82) is 0 Å². The summed E-state index contributed by atoms with van der Waals surface area (Å²) in [5.41, 5.74) is 2.27. The van der Waals surface area contributed by atoms with Gasteiger partial charge in [0, 0.05) is 11.5 Å². The average molecular weight is 509 g/mol. The maximum absolute atomic E-state index is 13.2. The van der Waals surface area contributed by atoms with Crippen molar-refractivity contribution < 1.29 is 23.5 Å². The molecule has 1 fully saturated rings. The van der Waals surface area contributed by atoms with Crippen LogP contribution in [0.2, 0.25) is 0 Å². The number of likely N-dealkylation sites (N-methyl/N-ethyl adjacent to an activating group) is 1. The standard InChI is InChI=1S/C32H46NO4/c1-23-14-19-27(32(5,6)26-12-10-9-11-13-26)28(20-23)36-29(34)22-33(7,8)21-24-15-17-25(18-16-24)30(35)37-31(2,3)4/h9-13,15-18,23,27-28H,14,19-22H2,1-8H3/q+1/t23-,27-,28-/m1/s1. The fourth-order valence-electron chi connectivity index (χ4n) is 5.56. The van der Waals surface area contributed by atoms with Crippen LogP contribution in [0.5, 0.6) is 0 Å². The Morgan fingerprint density at radius 3 is 2.14 bits per heavy atom. The Balaban J connectivity index is 1.64. The van der Waals surface area contributed by atoms with Gasteiger partial charge >= 0.3 is 11.9 Å². The van der Waals surface area contributed by atoms with Crippen LogP contribution < -0.4 is 0 Å². The maximum atomic E-state index is 13.2. The lowest BCUT2D eigenvalue weighted by Gasteiger charge is -2.44. The Bertz CT molecular complexity index is 1050. The molecule has 3 rings (SSSR count). The number of benzene rings is 2. The first-order valence-electron chi connectivity index (χ1n) is 13.6. The highest BCUT2D eigenvalue weighted by molar-refractivity contribution is 5.89. The van der Waals surface area contributed by atoms with Crippen LogP contribution in [-0.4, -0.2) is 48.8 Å². The molecular formula is C32H46NO4+. The first-order valence-corrected chi connectivity index (χ1v) is 13.6. The molecule has 1 aliphatic carbocycles. The summed E-state index contributed by atoms with van der Waals surface area (Å²) in [4.78, 5) is 25.5. The Hall–Kier alpha value is -2.66. The summed E-state index contributed by atoms with van der Waals surface area (Å²) in [7, 11) is 4.08. The van der Waals surface area contributed by atoms with Gasteiger partial charge in [-0.05, 0) is 62.6 Å². The van der Waals surface area contributed by atoms with Crippen molar-refractivity contribution in [2.45, 2.75) is 84.5 Å². The van der Waals surface area contributed by atoms with Crippen LogP contribution in [0.15, 0.2) is 54.6 Å². The van der Waals surface area contributed by atoms with E-state index in [1.165, 1.54) is 5.56 Å². The van der Waals surface area contributed by atoms with Crippen LogP contribution in [0.25, 0.3) is 0 Å². The first-order chi connectivity index (χ1) is 17.2. The molecule has 202 valence electrons. The van der Waals surface area contributed by atoms with Gasteiger partial charge in [0.1, 0.15) is 18.2 Å². The van der Waals surface area contributed by atoms with Crippen LogP contribution >= 0.6 is 0 Å². The van der Waals surface area contributed by atoms with E-state index in [0.717, 1.165) is 24.8 Å². The van der Waals surface area contributed by atoms with E-state index in [1.54, 1.807) is 12.1 Å². The molecule has 2 aromatic rings. The number of carbonyl (C=O) groups is 2. The van der Waals surface area contributed by atoms with Gasteiger partial charge in [0.2, 0.25) is 0 Å². The molecule has 1 aliphatic rings. The minimum atomic E-state index is -0.527. The van der Waals surface area contributed by atoms with E-state index in [1.807, 2.05) is 53.1 Å². The highest BCUT2D eigenvalue weighted by Gasteiger charge is 2.42. The van der Waals surface area contributed by atoms with Gasteiger partial charge in [-0.15, -0.1) is 0 Å². The molecule has 0 heterocycles. The molecule has 1 saturated carbocycles. The maximum Gasteiger partial charge on any atom is 0.362 e. The van der Waals surface area contributed by atoms with E-state index >= 15 is 0 Å². The van der Waals surface area contributed by atoms with Gasteiger partial charge in [-0.1, -0.05) is 69.7 Å². The fraction of sp³-hybridized carbons (Fsp3) is 0.562. The van der Waals surface area contributed by atoms with E-state index in [-0.39, 0.29) is 35.9 Å². The van der Waals surface area contributed by atoms with E-state index in [0.29, 0.717) is 22.5 Å². The summed E-state index contributed by atoms with van der Waals surface area (Å²) in [6, 6.07) is 18.1. The van der Waals surface area contributed by atoms with Crippen LogP contribution in [0.3, 0.4) is 0 Å². The lowest BCUT2D eigenvalue weighted by atomic mass is 9.64. The van der Waals surface area contributed by atoms with Gasteiger partial charge in [-0.2, -0.15) is 0 Å². The molecule has 5 heteroatoms. The Morgan fingerprint density at radius 1 is 0.919 bits per heavy atom. The molecule has 0 spiro atoms. The van der Waals surface area contributed by atoms with Crippen LogP contribution in [0, 0.1) is 11.8 Å². The molecule has 37 heavy (non-hydrogen) atoms. The molecule has 0 bridgehead atoms. The summed E-state index contributed by atoms with van der Waals surface area (Å²) in [6.45, 7) is 13.3. The van der Waals surface area contributed by atoms with Gasteiger partial charge in [-0.25, -0.2) is 9.59 Å². The molecule has 0 radical (unpaired) electrons. The third kappa shape index (κ3) is 8.16. The smallest absolute Gasteiger partial charge is 0.362 e. The Kier molecular flexibility index (Phi) is 8.89. The van der Waals surface area contributed by atoms with Gasteiger partial charge in [-0.3, -0.25) is 0 Å². The van der Waals surface area contributed by atoms with E-state index in [4.69, 9.17) is 9.47 Å². The fourth-order valence-corrected chi connectivity index (χ4v) is 5.56. The van der Waals surface area contributed by atoms with E-state index in [2.05, 4.69) is 45.0 Å². The van der Waals surface area contributed by atoms with Crippen LogP contribution in [-0.2, 0) is 26.2 Å². The molecule has 0 amide bonds. The van der Waals surface area contributed by atoms with Gasteiger partial charge in [0.25, 0.3) is 0 Å². The number of hydrogen-bond acceptors (Lipinski definition) is 4.